The van der Waals surface area contributed by atoms with Gasteiger partial charge in [-0.3, -0.25) is 0 Å². The molecule has 0 saturated carbocycles. The first kappa shape index (κ1) is 14.6. The van der Waals surface area contributed by atoms with E-state index >= 15 is 0 Å². The highest BCUT2D eigenvalue weighted by atomic mass is 19.4. The van der Waals surface area contributed by atoms with Crippen molar-refractivity contribution in [1.82, 2.24) is 0 Å². The SMILES string of the molecule is CCCOc1cccc(C=C[C@H](N)C(F)(F)F)c1. The molecule has 0 amide bonds. The fourth-order valence-electron chi connectivity index (χ4n) is 1.25. The Morgan fingerprint density at radius 2 is 2.11 bits per heavy atom. The number of nitrogens with two attached hydrogens (primary N) is 1. The highest BCUT2D eigenvalue weighted by Gasteiger charge is 2.34. The topological polar surface area (TPSA) is 35.2 Å². The second kappa shape index (κ2) is 6.44. The van der Waals surface area contributed by atoms with Crippen LogP contribution in [0.4, 0.5) is 13.2 Å². The average molecular weight is 259 g/mol. The summed E-state index contributed by atoms with van der Waals surface area (Å²) in [6.45, 7) is 2.56. The number of hydrogen-bond acceptors (Lipinski definition) is 2. The third-order valence-electron chi connectivity index (χ3n) is 2.20. The van der Waals surface area contributed by atoms with E-state index in [0.29, 0.717) is 17.9 Å². The van der Waals surface area contributed by atoms with Crippen molar-refractivity contribution in [1.29, 1.82) is 0 Å². The molecule has 18 heavy (non-hydrogen) atoms. The molecule has 0 aliphatic carbocycles. The van der Waals surface area contributed by atoms with Crippen LogP contribution < -0.4 is 10.5 Å². The van der Waals surface area contributed by atoms with Crippen LogP contribution >= 0.6 is 0 Å². The van der Waals surface area contributed by atoms with Crippen LogP contribution in [0.25, 0.3) is 6.08 Å². The number of alkyl halides is 3. The van der Waals surface area contributed by atoms with Gasteiger partial charge in [-0.2, -0.15) is 13.2 Å². The largest absolute Gasteiger partial charge is 0.494 e. The van der Waals surface area contributed by atoms with Gasteiger partial charge in [-0.1, -0.05) is 31.2 Å². The summed E-state index contributed by atoms with van der Waals surface area (Å²) < 4.78 is 42.0. The molecule has 1 aromatic carbocycles. The van der Waals surface area contributed by atoms with E-state index in [4.69, 9.17) is 10.5 Å². The van der Waals surface area contributed by atoms with E-state index in [0.717, 1.165) is 12.5 Å². The molecular weight excluding hydrogens is 243 g/mol. The van der Waals surface area contributed by atoms with Crippen molar-refractivity contribution in [3.63, 3.8) is 0 Å². The Kier molecular flexibility index (Phi) is 5.22. The van der Waals surface area contributed by atoms with Crippen LogP contribution in [0.5, 0.6) is 5.75 Å². The van der Waals surface area contributed by atoms with Gasteiger partial charge in [0, 0.05) is 0 Å². The minimum Gasteiger partial charge on any atom is -0.494 e. The molecule has 2 N–H and O–H groups in total. The van der Waals surface area contributed by atoms with Crippen molar-refractivity contribution in [2.24, 2.45) is 5.73 Å². The normalized spacial score (nSPS) is 13.8. The molecule has 100 valence electrons. The van der Waals surface area contributed by atoms with Gasteiger partial charge in [0.25, 0.3) is 0 Å². The molecule has 0 unspecified atom stereocenters. The van der Waals surface area contributed by atoms with Gasteiger partial charge < -0.3 is 10.5 Å². The van der Waals surface area contributed by atoms with E-state index in [2.05, 4.69) is 0 Å². The first-order valence-corrected chi connectivity index (χ1v) is 5.67. The molecule has 0 spiro atoms. The van der Waals surface area contributed by atoms with E-state index in [1.54, 1.807) is 24.3 Å². The molecule has 0 aliphatic rings. The predicted molar refractivity (Wildman–Crippen MR) is 65.3 cm³/mol. The lowest BCUT2D eigenvalue weighted by atomic mass is 10.1. The van der Waals surface area contributed by atoms with Crippen LogP contribution in [0.1, 0.15) is 18.9 Å². The summed E-state index contributed by atoms with van der Waals surface area (Å²) >= 11 is 0. The van der Waals surface area contributed by atoms with Gasteiger partial charge in [-0.05, 0) is 24.1 Å². The molecule has 0 bridgehead atoms. The fraction of sp³-hybridized carbons (Fsp3) is 0.385. The Morgan fingerprint density at radius 1 is 1.39 bits per heavy atom. The molecule has 0 aromatic heterocycles. The summed E-state index contributed by atoms with van der Waals surface area (Å²) in [5.74, 6) is 0.639. The third-order valence-corrected chi connectivity index (χ3v) is 2.20. The number of rotatable bonds is 5. The third kappa shape index (κ3) is 4.79. The Hall–Kier alpha value is -1.49. The van der Waals surface area contributed by atoms with Gasteiger partial charge in [0.2, 0.25) is 0 Å². The predicted octanol–water partition coefficient (Wildman–Crippen LogP) is 3.38. The second-order valence-corrected chi connectivity index (χ2v) is 3.85. The van der Waals surface area contributed by atoms with Gasteiger partial charge >= 0.3 is 6.18 Å². The van der Waals surface area contributed by atoms with Crippen LogP contribution in [-0.2, 0) is 0 Å². The molecule has 1 atom stereocenters. The standard InChI is InChI=1S/C13H16F3NO/c1-2-8-18-11-5-3-4-10(9-11)6-7-12(17)13(14,15)16/h3-7,9,12H,2,8,17H2,1H3/t12-/m0/s1. The number of halogens is 3. The van der Waals surface area contributed by atoms with E-state index in [1.807, 2.05) is 6.92 Å². The van der Waals surface area contributed by atoms with Gasteiger partial charge in [0.1, 0.15) is 11.8 Å². The van der Waals surface area contributed by atoms with Crippen molar-refractivity contribution >= 4 is 6.08 Å². The zero-order valence-corrected chi connectivity index (χ0v) is 10.1. The Bertz CT molecular complexity index is 401. The summed E-state index contributed by atoms with van der Waals surface area (Å²) in [5.41, 5.74) is 5.60. The lowest BCUT2D eigenvalue weighted by molar-refractivity contribution is -0.136. The first-order chi connectivity index (χ1) is 8.43. The van der Waals surface area contributed by atoms with Crippen LogP contribution in [0.3, 0.4) is 0 Å². The highest BCUT2D eigenvalue weighted by Crippen LogP contribution is 2.21. The Labute approximate surface area is 104 Å². The quantitative estimate of drug-likeness (QED) is 0.879. The Balaban J connectivity index is 2.70. The lowest BCUT2D eigenvalue weighted by Gasteiger charge is -2.10. The van der Waals surface area contributed by atoms with Crippen molar-refractivity contribution in [2.75, 3.05) is 6.61 Å². The van der Waals surface area contributed by atoms with Gasteiger partial charge in [-0.25, -0.2) is 0 Å². The molecule has 2 nitrogen and oxygen atoms in total. The zero-order valence-electron chi connectivity index (χ0n) is 10.1. The number of ether oxygens (including phenoxy) is 1. The van der Waals surface area contributed by atoms with Crippen molar-refractivity contribution in [2.45, 2.75) is 25.6 Å². The van der Waals surface area contributed by atoms with Gasteiger partial charge in [0.05, 0.1) is 6.61 Å². The monoisotopic (exact) mass is 259 g/mol. The van der Waals surface area contributed by atoms with Crippen LogP contribution in [0, 0.1) is 0 Å². The maximum atomic E-state index is 12.2. The molecule has 0 aliphatic heterocycles. The lowest BCUT2D eigenvalue weighted by Crippen LogP contribution is -2.35. The molecule has 0 radical (unpaired) electrons. The Morgan fingerprint density at radius 3 is 2.72 bits per heavy atom. The first-order valence-electron chi connectivity index (χ1n) is 5.67. The van der Waals surface area contributed by atoms with Crippen LogP contribution in [-0.4, -0.2) is 18.8 Å². The molecule has 0 saturated heterocycles. The summed E-state index contributed by atoms with van der Waals surface area (Å²) in [4.78, 5) is 0. The van der Waals surface area contributed by atoms with E-state index in [1.165, 1.54) is 6.08 Å². The molecule has 1 rings (SSSR count). The zero-order chi connectivity index (χ0) is 13.6. The maximum Gasteiger partial charge on any atom is 0.407 e. The van der Waals surface area contributed by atoms with E-state index < -0.39 is 12.2 Å². The van der Waals surface area contributed by atoms with E-state index in [-0.39, 0.29) is 0 Å². The molecular formula is C13H16F3NO. The summed E-state index contributed by atoms with van der Waals surface area (Å²) in [5, 5.41) is 0. The second-order valence-electron chi connectivity index (χ2n) is 3.85. The van der Waals surface area contributed by atoms with Crippen molar-refractivity contribution < 1.29 is 17.9 Å². The maximum absolute atomic E-state index is 12.2. The van der Waals surface area contributed by atoms with Crippen LogP contribution in [0.15, 0.2) is 30.3 Å². The fourth-order valence-corrected chi connectivity index (χ4v) is 1.25. The minimum atomic E-state index is -4.41. The molecule has 5 heteroatoms. The molecule has 0 fully saturated rings. The smallest absolute Gasteiger partial charge is 0.407 e. The highest BCUT2D eigenvalue weighted by molar-refractivity contribution is 5.52. The molecule has 0 heterocycles. The van der Waals surface area contributed by atoms with Crippen molar-refractivity contribution in [3.05, 3.63) is 35.9 Å². The van der Waals surface area contributed by atoms with Crippen LogP contribution in [0.2, 0.25) is 0 Å². The number of hydrogen-bond donors (Lipinski definition) is 1. The molecule has 1 aromatic rings. The summed E-state index contributed by atoms with van der Waals surface area (Å²) in [6.07, 6.45) is -1.26. The number of benzene rings is 1. The summed E-state index contributed by atoms with van der Waals surface area (Å²) in [7, 11) is 0. The summed E-state index contributed by atoms with van der Waals surface area (Å²) in [6, 6.07) is 4.91. The van der Waals surface area contributed by atoms with Crippen molar-refractivity contribution in [3.8, 4) is 5.75 Å². The average Bonchev–Trinajstić information content (AvgIpc) is 2.32. The van der Waals surface area contributed by atoms with E-state index in [9.17, 15) is 13.2 Å². The minimum absolute atomic E-state index is 0.579. The van der Waals surface area contributed by atoms with Gasteiger partial charge in [-0.15, -0.1) is 0 Å². The van der Waals surface area contributed by atoms with Gasteiger partial charge in [0.15, 0.2) is 0 Å².